The predicted molar refractivity (Wildman–Crippen MR) is 94.8 cm³/mol. The second-order valence-electron chi connectivity index (χ2n) is 4.73. The second kappa shape index (κ2) is 8.36. The number of nitrogens with zero attached hydrogens (tertiary/aromatic N) is 1. The van der Waals surface area contributed by atoms with Crippen molar-refractivity contribution in [3.63, 3.8) is 0 Å². The molecule has 0 aliphatic rings. The van der Waals surface area contributed by atoms with Crippen molar-refractivity contribution in [2.75, 3.05) is 18.4 Å². The number of halogens is 3. The highest BCUT2D eigenvalue weighted by Crippen LogP contribution is 2.26. The average Bonchev–Trinajstić information content (AvgIpc) is 2.50. The molecule has 0 fully saturated rings. The Morgan fingerprint density at radius 2 is 1.70 bits per heavy atom. The summed E-state index contributed by atoms with van der Waals surface area (Å²) in [6.07, 6.45) is 0. The van der Waals surface area contributed by atoms with Crippen LogP contribution in [0, 0.1) is 10.1 Å². The van der Waals surface area contributed by atoms with E-state index >= 15 is 0 Å². The van der Waals surface area contributed by atoms with Gasteiger partial charge in [0.2, 0.25) is 0 Å². The predicted octanol–water partition coefficient (Wildman–Crippen LogP) is 4.76. The third kappa shape index (κ3) is 4.97. The molecule has 0 spiro atoms. The minimum Gasteiger partial charge on any atom is -0.383 e. The largest absolute Gasteiger partial charge is 0.383 e. The van der Waals surface area contributed by atoms with Gasteiger partial charge in [0.15, 0.2) is 0 Å². The van der Waals surface area contributed by atoms with Gasteiger partial charge in [0.1, 0.15) is 0 Å². The maximum absolute atomic E-state index is 10.6. The summed E-state index contributed by atoms with van der Waals surface area (Å²) in [6.45, 7) is 1.79. The average molecular weight is 375 g/mol. The van der Waals surface area contributed by atoms with E-state index in [1.807, 2.05) is 0 Å². The van der Waals surface area contributed by atoms with Crippen molar-refractivity contribution >= 4 is 46.2 Å². The van der Waals surface area contributed by atoms with E-state index in [0.717, 1.165) is 5.56 Å². The number of rotatable bonds is 7. The summed E-state index contributed by atoms with van der Waals surface area (Å²) in [6, 6.07) is 9.70. The lowest BCUT2D eigenvalue weighted by atomic mass is 10.2. The van der Waals surface area contributed by atoms with Crippen LogP contribution in [-0.2, 0) is 6.54 Å². The third-order valence-corrected chi connectivity index (χ3v) is 4.17. The maximum Gasteiger partial charge on any atom is 0.271 e. The van der Waals surface area contributed by atoms with E-state index in [2.05, 4.69) is 10.6 Å². The molecule has 122 valence electrons. The number of nitro groups is 1. The molecule has 2 rings (SSSR count). The van der Waals surface area contributed by atoms with E-state index < -0.39 is 4.92 Å². The van der Waals surface area contributed by atoms with E-state index in [4.69, 9.17) is 34.8 Å². The lowest BCUT2D eigenvalue weighted by Crippen LogP contribution is -2.22. The fourth-order valence-electron chi connectivity index (χ4n) is 1.96. The van der Waals surface area contributed by atoms with E-state index in [0.29, 0.717) is 40.4 Å². The smallest absolute Gasteiger partial charge is 0.271 e. The fraction of sp³-hybridized carbons (Fsp3) is 0.200. The molecular formula is C15H14Cl3N3O2. The zero-order chi connectivity index (χ0) is 16.8. The normalized spacial score (nSPS) is 10.6. The van der Waals surface area contributed by atoms with Gasteiger partial charge in [-0.15, -0.1) is 0 Å². The van der Waals surface area contributed by atoms with Gasteiger partial charge in [-0.25, -0.2) is 0 Å². The number of nitrogens with one attached hydrogen (secondary N) is 2. The van der Waals surface area contributed by atoms with Gasteiger partial charge in [0.05, 0.1) is 15.6 Å². The van der Waals surface area contributed by atoms with Gasteiger partial charge >= 0.3 is 0 Å². The Labute approximate surface area is 148 Å². The summed E-state index contributed by atoms with van der Waals surface area (Å²) in [5.74, 6) is 0. The first kappa shape index (κ1) is 17.8. The van der Waals surface area contributed by atoms with Crippen molar-refractivity contribution < 1.29 is 4.92 Å². The van der Waals surface area contributed by atoms with Crippen molar-refractivity contribution in [3.8, 4) is 0 Å². The number of hydrogen-bond donors (Lipinski definition) is 2. The standard InChI is InChI=1S/C15H14Cl3N3O2/c16-12-2-1-3-13(17)11(12)9-19-6-7-20-15-5-4-10(21(22)23)8-14(15)18/h1-5,8,19-20H,6-7,9H2. The quantitative estimate of drug-likeness (QED) is 0.417. The van der Waals surface area contributed by atoms with Gasteiger partial charge < -0.3 is 10.6 Å². The molecule has 0 saturated carbocycles. The molecule has 0 radical (unpaired) electrons. The zero-order valence-corrected chi connectivity index (χ0v) is 14.3. The molecule has 0 bridgehead atoms. The number of nitro benzene ring substituents is 1. The van der Waals surface area contributed by atoms with E-state index in [1.54, 1.807) is 24.3 Å². The molecule has 0 atom stereocenters. The number of benzene rings is 2. The first-order valence-corrected chi connectivity index (χ1v) is 7.94. The van der Waals surface area contributed by atoms with Crippen LogP contribution in [0.1, 0.15) is 5.56 Å². The number of non-ortho nitro benzene ring substituents is 1. The lowest BCUT2D eigenvalue weighted by Gasteiger charge is -2.11. The second-order valence-corrected chi connectivity index (χ2v) is 5.95. The summed E-state index contributed by atoms with van der Waals surface area (Å²) in [5, 5.41) is 18.5. The molecule has 0 aliphatic carbocycles. The zero-order valence-electron chi connectivity index (χ0n) is 12.0. The minimum absolute atomic E-state index is 0.0352. The van der Waals surface area contributed by atoms with Crippen molar-refractivity contribution in [1.82, 2.24) is 5.32 Å². The van der Waals surface area contributed by atoms with Crippen LogP contribution in [0.4, 0.5) is 11.4 Å². The lowest BCUT2D eigenvalue weighted by molar-refractivity contribution is -0.384. The molecule has 2 N–H and O–H groups in total. The molecule has 2 aromatic rings. The summed E-state index contributed by atoms with van der Waals surface area (Å²) in [5.41, 5.74) is 1.46. The van der Waals surface area contributed by atoms with Crippen LogP contribution in [0.15, 0.2) is 36.4 Å². The maximum atomic E-state index is 10.6. The highest BCUT2D eigenvalue weighted by atomic mass is 35.5. The van der Waals surface area contributed by atoms with Crippen LogP contribution < -0.4 is 10.6 Å². The molecule has 2 aromatic carbocycles. The molecule has 0 unspecified atom stereocenters. The van der Waals surface area contributed by atoms with Crippen molar-refractivity contribution in [1.29, 1.82) is 0 Å². The van der Waals surface area contributed by atoms with Crippen LogP contribution in [0.25, 0.3) is 0 Å². The molecule has 0 heterocycles. The van der Waals surface area contributed by atoms with Gasteiger partial charge in [-0.3, -0.25) is 10.1 Å². The molecular weight excluding hydrogens is 361 g/mol. The first-order valence-electron chi connectivity index (χ1n) is 6.80. The number of anilines is 1. The summed E-state index contributed by atoms with van der Waals surface area (Å²) >= 11 is 18.2. The van der Waals surface area contributed by atoms with Gasteiger partial charge in [-0.2, -0.15) is 0 Å². The Morgan fingerprint density at radius 1 is 1.00 bits per heavy atom. The SMILES string of the molecule is O=[N+]([O-])c1ccc(NCCNCc2c(Cl)cccc2Cl)c(Cl)c1. The highest BCUT2D eigenvalue weighted by Gasteiger charge is 2.09. The Hall–Kier alpha value is -1.53. The Morgan fingerprint density at radius 3 is 2.30 bits per heavy atom. The van der Waals surface area contributed by atoms with Crippen molar-refractivity contribution in [3.05, 3.63) is 67.1 Å². The molecule has 0 amide bonds. The van der Waals surface area contributed by atoms with Gasteiger partial charge in [-0.1, -0.05) is 40.9 Å². The fourth-order valence-corrected chi connectivity index (χ4v) is 2.73. The molecule has 0 saturated heterocycles. The van der Waals surface area contributed by atoms with Crippen molar-refractivity contribution in [2.45, 2.75) is 6.54 Å². The summed E-state index contributed by atoms with van der Waals surface area (Å²) in [7, 11) is 0. The van der Waals surface area contributed by atoms with Gasteiger partial charge in [0, 0.05) is 47.4 Å². The molecule has 8 heteroatoms. The van der Waals surface area contributed by atoms with Crippen LogP contribution >= 0.6 is 34.8 Å². The van der Waals surface area contributed by atoms with E-state index in [9.17, 15) is 10.1 Å². The minimum atomic E-state index is -0.482. The first-order chi connectivity index (χ1) is 11.0. The van der Waals surface area contributed by atoms with E-state index in [-0.39, 0.29) is 5.69 Å². The molecule has 23 heavy (non-hydrogen) atoms. The highest BCUT2D eigenvalue weighted by molar-refractivity contribution is 6.36. The third-order valence-electron chi connectivity index (χ3n) is 3.14. The number of hydrogen-bond acceptors (Lipinski definition) is 4. The van der Waals surface area contributed by atoms with Crippen LogP contribution in [0.3, 0.4) is 0 Å². The van der Waals surface area contributed by atoms with Gasteiger partial charge in [-0.05, 0) is 18.2 Å². The molecule has 5 nitrogen and oxygen atoms in total. The monoisotopic (exact) mass is 373 g/mol. The molecule has 0 aliphatic heterocycles. The van der Waals surface area contributed by atoms with E-state index in [1.165, 1.54) is 12.1 Å². The Bertz CT molecular complexity index is 690. The topological polar surface area (TPSA) is 67.2 Å². The molecule has 0 aromatic heterocycles. The van der Waals surface area contributed by atoms with Crippen LogP contribution in [0.5, 0.6) is 0 Å². The Balaban J connectivity index is 1.81. The van der Waals surface area contributed by atoms with Crippen molar-refractivity contribution in [2.24, 2.45) is 0 Å². The summed E-state index contributed by atoms with van der Waals surface area (Å²) < 4.78 is 0. The van der Waals surface area contributed by atoms with Crippen LogP contribution in [-0.4, -0.2) is 18.0 Å². The summed E-state index contributed by atoms with van der Waals surface area (Å²) in [4.78, 5) is 10.2. The van der Waals surface area contributed by atoms with Crippen LogP contribution in [0.2, 0.25) is 15.1 Å². The van der Waals surface area contributed by atoms with Gasteiger partial charge in [0.25, 0.3) is 5.69 Å². The Kier molecular flexibility index (Phi) is 6.47.